The predicted molar refractivity (Wildman–Crippen MR) is 112 cm³/mol. The number of carbonyl (C=O) groups is 3. The van der Waals surface area contributed by atoms with Crippen molar-refractivity contribution < 1.29 is 18.8 Å². The molecule has 3 heterocycles. The summed E-state index contributed by atoms with van der Waals surface area (Å²) in [5.41, 5.74) is 2.69. The molecular formula is C19H23N5O4S2. The number of imide groups is 1. The fraction of sp³-hybridized carbons (Fsp3) is 0.526. The van der Waals surface area contributed by atoms with Crippen LogP contribution >= 0.6 is 23.1 Å². The van der Waals surface area contributed by atoms with Crippen LogP contribution in [-0.2, 0) is 22.4 Å². The lowest BCUT2D eigenvalue weighted by molar-refractivity contribution is -0.137. The molecule has 0 bridgehead atoms. The molecule has 2 aromatic heterocycles. The molecule has 0 saturated carbocycles. The molecule has 0 unspecified atom stereocenters. The average molecular weight is 450 g/mol. The van der Waals surface area contributed by atoms with Gasteiger partial charge >= 0.3 is 6.03 Å². The summed E-state index contributed by atoms with van der Waals surface area (Å²) in [6.07, 6.45) is 3.77. The van der Waals surface area contributed by atoms with Crippen molar-refractivity contribution in [2.75, 3.05) is 5.75 Å². The third-order valence-electron chi connectivity index (χ3n) is 5.48. The smallest absolute Gasteiger partial charge is 0.344 e. The van der Waals surface area contributed by atoms with Crippen LogP contribution in [0, 0.1) is 5.92 Å². The van der Waals surface area contributed by atoms with Crippen molar-refractivity contribution in [2.24, 2.45) is 5.92 Å². The topological polar surface area (TPSA) is 117 Å². The van der Waals surface area contributed by atoms with Gasteiger partial charge in [0.15, 0.2) is 0 Å². The molecule has 11 heteroatoms. The Morgan fingerprint density at radius 3 is 3.00 bits per heavy atom. The number of amides is 4. The summed E-state index contributed by atoms with van der Waals surface area (Å²) in [6, 6.07) is 1.48. The molecular weight excluding hydrogens is 426 g/mol. The van der Waals surface area contributed by atoms with Gasteiger partial charge < -0.3 is 9.73 Å². The highest BCUT2D eigenvalue weighted by Crippen LogP contribution is 2.37. The van der Waals surface area contributed by atoms with Gasteiger partial charge in [0.2, 0.25) is 5.91 Å². The van der Waals surface area contributed by atoms with Crippen molar-refractivity contribution >= 4 is 40.9 Å². The Labute approximate surface area is 182 Å². The minimum Gasteiger partial charge on any atom is -0.410 e. The van der Waals surface area contributed by atoms with E-state index in [-0.39, 0.29) is 11.0 Å². The molecule has 2 aliphatic rings. The van der Waals surface area contributed by atoms with E-state index in [2.05, 4.69) is 33.9 Å². The number of fused-ring (bicyclic) bond motifs is 1. The standard InChI is InChI=1S/C19H23N5O4S2/c1-4-19(3)16(26)24(17(27)20-19)23-14(25)9-29-18-22-21-15(28-18)13-8-11-7-10(2)5-6-12(11)30-13/h8,10H,4-7,9H2,1-3H3,(H,20,27)(H,23,25)/t10-,19-/m0/s1. The first-order chi connectivity index (χ1) is 14.3. The molecule has 0 aromatic carbocycles. The number of aryl methyl sites for hydroxylation is 1. The van der Waals surface area contributed by atoms with Gasteiger partial charge in [-0.15, -0.1) is 21.5 Å². The summed E-state index contributed by atoms with van der Waals surface area (Å²) in [4.78, 5) is 38.8. The van der Waals surface area contributed by atoms with Crippen LogP contribution in [0.15, 0.2) is 15.7 Å². The first-order valence-electron chi connectivity index (χ1n) is 9.83. The number of hydrazine groups is 1. The number of rotatable bonds is 6. The normalized spacial score (nSPS) is 23.4. The molecule has 0 radical (unpaired) electrons. The van der Waals surface area contributed by atoms with Gasteiger partial charge in [-0.2, -0.15) is 5.01 Å². The zero-order chi connectivity index (χ0) is 21.5. The SMILES string of the molecule is CC[C@]1(C)NC(=O)N(NC(=O)CSc2nnc(-c3cc4c(s3)CC[C@H](C)C4)o2)C1=O. The minimum atomic E-state index is -1.00. The number of aromatic nitrogens is 2. The molecule has 2 atom stereocenters. The zero-order valence-electron chi connectivity index (χ0n) is 17.0. The van der Waals surface area contributed by atoms with Gasteiger partial charge in [-0.05, 0) is 50.2 Å². The molecule has 2 aromatic rings. The second kappa shape index (κ2) is 8.03. The molecule has 2 N–H and O–H groups in total. The third-order valence-corrected chi connectivity index (χ3v) is 7.52. The molecule has 30 heavy (non-hydrogen) atoms. The van der Waals surface area contributed by atoms with Gasteiger partial charge in [0, 0.05) is 4.88 Å². The van der Waals surface area contributed by atoms with Crippen LogP contribution in [0.3, 0.4) is 0 Å². The van der Waals surface area contributed by atoms with E-state index < -0.39 is 23.4 Å². The van der Waals surface area contributed by atoms with Gasteiger partial charge in [-0.25, -0.2) is 4.79 Å². The molecule has 9 nitrogen and oxygen atoms in total. The third kappa shape index (κ3) is 3.95. The molecule has 1 aliphatic heterocycles. The predicted octanol–water partition coefficient (Wildman–Crippen LogP) is 2.77. The van der Waals surface area contributed by atoms with E-state index in [4.69, 9.17) is 4.42 Å². The lowest BCUT2D eigenvalue weighted by atomic mass is 9.90. The van der Waals surface area contributed by atoms with E-state index in [0.717, 1.165) is 34.5 Å². The highest BCUT2D eigenvalue weighted by molar-refractivity contribution is 7.99. The van der Waals surface area contributed by atoms with E-state index in [1.54, 1.807) is 25.2 Å². The fourth-order valence-corrected chi connectivity index (χ4v) is 5.17. The van der Waals surface area contributed by atoms with Crippen molar-refractivity contribution in [1.82, 2.24) is 25.9 Å². The number of hydrogen-bond donors (Lipinski definition) is 2. The second-order valence-corrected chi connectivity index (χ2v) is 9.92. The number of urea groups is 1. The first-order valence-corrected chi connectivity index (χ1v) is 11.6. The maximum absolute atomic E-state index is 12.3. The highest BCUT2D eigenvalue weighted by Gasteiger charge is 2.47. The van der Waals surface area contributed by atoms with E-state index in [1.165, 1.54) is 16.9 Å². The summed E-state index contributed by atoms with van der Waals surface area (Å²) < 4.78 is 5.70. The van der Waals surface area contributed by atoms with Crippen molar-refractivity contribution in [3.8, 4) is 10.8 Å². The summed E-state index contributed by atoms with van der Waals surface area (Å²) in [5, 5.41) is 11.7. The molecule has 4 amide bonds. The van der Waals surface area contributed by atoms with Crippen LogP contribution in [0.5, 0.6) is 0 Å². The Morgan fingerprint density at radius 2 is 2.27 bits per heavy atom. The Balaban J connectivity index is 1.34. The van der Waals surface area contributed by atoms with Crippen LogP contribution in [-0.4, -0.2) is 44.3 Å². The van der Waals surface area contributed by atoms with Crippen molar-refractivity contribution in [1.29, 1.82) is 0 Å². The van der Waals surface area contributed by atoms with E-state index in [9.17, 15) is 14.4 Å². The maximum Gasteiger partial charge on any atom is 0.344 e. The molecule has 4 rings (SSSR count). The van der Waals surface area contributed by atoms with Crippen LogP contribution in [0.4, 0.5) is 4.79 Å². The second-order valence-electron chi connectivity index (χ2n) is 7.86. The number of thioether (sulfide) groups is 1. The van der Waals surface area contributed by atoms with Crippen LogP contribution in [0.1, 0.15) is 44.1 Å². The van der Waals surface area contributed by atoms with Gasteiger partial charge in [0.1, 0.15) is 5.54 Å². The van der Waals surface area contributed by atoms with Crippen molar-refractivity contribution in [3.05, 3.63) is 16.5 Å². The van der Waals surface area contributed by atoms with Crippen LogP contribution < -0.4 is 10.7 Å². The number of thiophene rings is 1. The van der Waals surface area contributed by atoms with Gasteiger partial charge in [-0.1, -0.05) is 25.6 Å². The number of carbonyl (C=O) groups excluding carboxylic acids is 3. The summed E-state index contributed by atoms with van der Waals surface area (Å²) in [5.74, 6) is 0.0679. The van der Waals surface area contributed by atoms with E-state index in [1.807, 2.05) is 0 Å². The number of hydrogen-bond acceptors (Lipinski definition) is 8. The monoisotopic (exact) mass is 449 g/mol. The molecule has 1 fully saturated rings. The van der Waals surface area contributed by atoms with Crippen LogP contribution in [0.25, 0.3) is 10.8 Å². The van der Waals surface area contributed by atoms with Gasteiger partial charge in [0.25, 0.3) is 17.0 Å². The Hall–Kier alpha value is -2.40. The number of nitrogens with one attached hydrogen (secondary N) is 2. The fourth-order valence-electron chi connectivity index (χ4n) is 3.49. The Bertz CT molecular complexity index is 1000. The van der Waals surface area contributed by atoms with E-state index in [0.29, 0.717) is 18.2 Å². The Morgan fingerprint density at radius 1 is 1.47 bits per heavy atom. The van der Waals surface area contributed by atoms with Gasteiger partial charge in [-0.3, -0.25) is 15.0 Å². The van der Waals surface area contributed by atoms with Gasteiger partial charge in [0.05, 0.1) is 10.6 Å². The quantitative estimate of drug-likeness (QED) is 0.514. The minimum absolute atomic E-state index is 0.0695. The summed E-state index contributed by atoms with van der Waals surface area (Å²) in [6.45, 7) is 5.67. The van der Waals surface area contributed by atoms with Crippen molar-refractivity contribution in [3.63, 3.8) is 0 Å². The highest BCUT2D eigenvalue weighted by atomic mass is 32.2. The largest absolute Gasteiger partial charge is 0.410 e. The molecule has 1 aliphatic carbocycles. The summed E-state index contributed by atoms with van der Waals surface area (Å²) in [7, 11) is 0. The Kier molecular flexibility index (Phi) is 5.58. The molecule has 160 valence electrons. The lowest BCUT2D eigenvalue weighted by Gasteiger charge is -2.19. The van der Waals surface area contributed by atoms with E-state index >= 15 is 0 Å². The van der Waals surface area contributed by atoms with Crippen LogP contribution in [0.2, 0.25) is 0 Å². The zero-order valence-corrected chi connectivity index (χ0v) is 18.6. The maximum atomic E-state index is 12.3. The molecule has 0 spiro atoms. The first kappa shape index (κ1) is 20.9. The summed E-state index contributed by atoms with van der Waals surface area (Å²) >= 11 is 2.73. The van der Waals surface area contributed by atoms with Crippen molar-refractivity contribution in [2.45, 2.75) is 57.2 Å². The molecule has 1 saturated heterocycles. The average Bonchev–Trinajstić information content (AvgIpc) is 3.40. The lowest BCUT2D eigenvalue weighted by Crippen LogP contribution is -2.49. The number of nitrogens with zero attached hydrogens (tertiary/aromatic N) is 3.